The van der Waals surface area contributed by atoms with Crippen molar-refractivity contribution in [1.82, 2.24) is 19.6 Å². The summed E-state index contributed by atoms with van der Waals surface area (Å²) in [4.78, 5) is 43.4. The molecule has 0 radical (unpaired) electrons. The Balaban J connectivity index is 1.64. The molecule has 1 atom stereocenters. The molecule has 0 aromatic carbocycles. The van der Waals surface area contributed by atoms with E-state index in [-0.39, 0.29) is 34.9 Å². The number of hydrogen-bond acceptors (Lipinski definition) is 5. The zero-order valence-corrected chi connectivity index (χ0v) is 15.6. The lowest BCUT2D eigenvalue weighted by Gasteiger charge is -2.31. The molecular formula is C19H24N4O4. The van der Waals surface area contributed by atoms with Crippen molar-refractivity contribution in [3.05, 3.63) is 46.5 Å². The monoisotopic (exact) mass is 372 g/mol. The SMILES string of the molecule is COCC(C)NC(=O)C1CCN(C(=O)c2cnc3ccccn3c2=O)CC1. The number of nitrogens with zero attached hydrogens (tertiary/aromatic N) is 3. The maximum absolute atomic E-state index is 12.8. The predicted octanol–water partition coefficient (Wildman–Crippen LogP) is 0.698. The van der Waals surface area contributed by atoms with Crippen LogP contribution in [0.15, 0.2) is 35.4 Å². The van der Waals surface area contributed by atoms with Crippen LogP contribution in [0.4, 0.5) is 0 Å². The van der Waals surface area contributed by atoms with Crippen LogP contribution in [0, 0.1) is 5.92 Å². The zero-order valence-electron chi connectivity index (χ0n) is 15.6. The smallest absolute Gasteiger partial charge is 0.270 e. The van der Waals surface area contributed by atoms with Gasteiger partial charge in [-0.2, -0.15) is 0 Å². The summed E-state index contributed by atoms with van der Waals surface area (Å²) >= 11 is 0. The Morgan fingerprint density at radius 1 is 1.33 bits per heavy atom. The number of piperidine rings is 1. The van der Waals surface area contributed by atoms with Crippen LogP contribution >= 0.6 is 0 Å². The van der Waals surface area contributed by atoms with Crippen LogP contribution in [-0.2, 0) is 9.53 Å². The molecule has 3 rings (SSSR count). The number of hydrogen-bond donors (Lipinski definition) is 1. The topological polar surface area (TPSA) is 93.0 Å². The van der Waals surface area contributed by atoms with Crippen LogP contribution in [0.25, 0.3) is 5.65 Å². The molecule has 144 valence electrons. The molecule has 3 heterocycles. The zero-order chi connectivity index (χ0) is 19.4. The Bertz CT molecular complexity index is 887. The summed E-state index contributed by atoms with van der Waals surface area (Å²) in [5.41, 5.74) is 0.175. The minimum absolute atomic E-state index is 0.0147. The predicted molar refractivity (Wildman–Crippen MR) is 99.6 cm³/mol. The van der Waals surface area contributed by atoms with Crippen LogP contribution in [-0.4, -0.2) is 58.9 Å². The maximum Gasteiger partial charge on any atom is 0.270 e. The van der Waals surface area contributed by atoms with Gasteiger partial charge in [-0.1, -0.05) is 6.07 Å². The van der Waals surface area contributed by atoms with Gasteiger partial charge in [0.1, 0.15) is 11.2 Å². The molecule has 0 aliphatic carbocycles. The summed E-state index contributed by atoms with van der Waals surface area (Å²) in [5.74, 6) is -0.486. The fourth-order valence-corrected chi connectivity index (χ4v) is 3.34. The van der Waals surface area contributed by atoms with E-state index >= 15 is 0 Å². The lowest BCUT2D eigenvalue weighted by atomic mass is 9.95. The highest BCUT2D eigenvalue weighted by Crippen LogP contribution is 2.19. The summed E-state index contributed by atoms with van der Waals surface area (Å²) in [5, 5.41) is 2.92. The molecule has 2 aromatic heterocycles. The normalized spacial score (nSPS) is 16.3. The molecule has 2 amide bonds. The van der Waals surface area contributed by atoms with Gasteiger partial charge in [0.05, 0.1) is 6.61 Å². The first kappa shape index (κ1) is 19.0. The molecular weight excluding hydrogens is 348 g/mol. The number of likely N-dealkylation sites (tertiary alicyclic amines) is 1. The molecule has 8 nitrogen and oxygen atoms in total. The third kappa shape index (κ3) is 4.16. The third-order valence-corrected chi connectivity index (χ3v) is 4.80. The number of methoxy groups -OCH3 is 1. The Morgan fingerprint density at radius 2 is 2.07 bits per heavy atom. The fraction of sp³-hybridized carbons (Fsp3) is 0.474. The van der Waals surface area contributed by atoms with E-state index in [1.165, 1.54) is 10.6 Å². The molecule has 1 saturated heterocycles. The molecule has 0 bridgehead atoms. The van der Waals surface area contributed by atoms with Crippen molar-refractivity contribution in [2.75, 3.05) is 26.8 Å². The first-order chi connectivity index (χ1) is 13.0. The Morgan fingerprint density at radius 3 is 2.78 bits per heavy atom. The van der Waals surface area contributed by atoms with E-state index in [0.717, 1.165) is 0 Å². The Hall–Kier alpha value is -2.74. The molecule has 1 aliphatic heterocycles. The number of fused-ring (bicyclic) bond motifs is 1. The molecule has 1 aliphatic rings. The number of pyridine rings is 1. The van der Waals surface area contributed by atoms with Crippen molar-refractivity contribution in [2.24, 2.45) is 5.92 Å². The fourth-order valence-electron chi connectivity index (χ4n) is 3.34. The van der Waals surface area contributed by atoms with Gasteiger partial charge in [-0.05, 0) is 31.9 Å². The highest BCUT2D eigenvalue weighted by Gasteiger charge is 2.29. The van der Waals surface area contributed by atoms with Gasteiger partial charge < -0.3 is 15.0 Å². The van der Waals surface area contributed by atoms with Gasteiger partial charge in [0.25, 0.3) is 11.5 Å². The minimum atomic E-state index is -0.376. The van der Waals surface area contributed by atoms with Crippen molar-refractivity contribution in [2.45, 2.75) is 25.8 Å². The van der Waals surface area contributed by atoms with E-state index in [2.05, 4.69) is 10.3 Å². The third-order valence-electron chi connectivity index (χ3n) is 4.80. The van der Waals surface area contributed by atoms with Gasteiger partial charge in [-0.25, -0.2) is 4.98 Å². The van der Waals surface area contributed by atoms with E-state index in [1.807, 2.05) is 6.92 Å². The van der Waals surface area contributed by atoms with E-state index in [9.17, 15) is 14.4 Å². The molecule has 0 saturated carbocycles. The van der Waals surface area contributed by atoms with E-state index in [4.69, 9.17) is 4.74 Å². The van der Waals surface area contributed by atoms with Crippen LogP contribution < -0.4 is 10.9 Å². The van der Waals surface area contributed by atoms with E-state index in [0.29, 0.717) is 38.2 Å². The largest absolute Gasteiger partial charge is 0.383 e. The van der Waals surface area contributed by atoms with E-state index < -0.39 is 0 Å². The lowest BCUT2D eigenvalue weighted by molar-refractivity contribution is -0.127. The molecule has 1 fully saturated rings. The van der Waals surface area contributed by atoms with E-state index in [1.54, 1.807) is 36.4 Å². The summed E-state index contributed by atoms with van der Waals surface area (Å²) in [6.07, 6.45) is 4.07. The number of carbonyl (C=O) groups excluding carboxylic acids is 2. The second-order valence-electron chi connectivity index (χ2n) is 6.84. The maximum atomic E-state index is 12.8. The van der Waals surface area contributed by atoms with Gasteiger partial charge in [0, 0.05) is 44.6 Å². The molecule has 0 spiro atoms. The van der Waals surface area contributed by atoms with Crippen LogP contribution in [0.2, 0.25) is 0 Å². The molecule has 1 unspecified atom stereocenters. The average molecular weight is 372 g/mol. The number of aromatic nitrogens is 2. The molecule has 1 N–H and O–H groups in total. The van der Waals surface area contributed by atoms with Crippen LogP contribution in [0.3, 0.4) is 0 Å². The Labute approximate surface area is 157 Å². The number of amides is 2. The van der Waals surface area contributed by atoms with Crippen LogP contribution in [0.1, 0.15) is 30.1 Å². The number of nitrogens with one attached hydrogen (secondary N) is 1. The molecule has 2 aromatic rings. The lowest BCUT2D eigenvalue weighted by Crippen LogP contribution is -2.46. The second kappa shape index (κ2) is 8.30. The Kier molecular flexibility index (Phi) is 5.85. The first-order valence-corrected chi connectivity index (χ1v) is 9.06. The standard InChI is InChI=1S/C19H24N4O4/c1-13(12-27-2)21-17(24)14-6-9-22(10-7-14)18(25)15-11-20-16-5-3-4-8-23(16)19(15)26/h3-5,8,11,13-14H,6-7,9-10,12H2,1-2H3,(H,21,24). The van der Waals surface area contributed by atoms with Gasteiger partial charge in [0.15, 0.2) is 0 Å². The number of carbonyl (C=O) groups is 2. The quantitative estimate of drug-likeness (QED) is 0.834. The van der Waals surface area contributed by atoms with Crippen molar-refractivity contribution in [3.8, 4) is 0 Å². The van der Waals surface area contributed by atoms with Gasteiger partial charge in [-0.15, -0.1) is 0 Å². The minimum Gasteiger partial charge on any atom is -0.383 e. The average Bonchev–Trinajstić information content (AvgIpc) is 2.68. The van der Waals surface area contributed by atoms with Crippen molar-refractivity contribution in [3.63, 3.8) is 0 Å². The highest BCUT2D eigenvalue weighted by molar-refractivity contribution is 5.94. The number of ether oxygens (including phenoxy) is 1. The van der Waals surface area contributed by atoms with Gasteiger partial charge >= 0.3 is 0 Å². The van der Waals surface area contributed by atoms with Gasteiger partial charge in [-0.3, -0.25) is 18.8 Å². The van der Waals surface area contributed by atoms with Crippen molar-refractivity contribution >= 4 is 17.5 Å². The van der Waals surface area contributed by atoms with Gasteiger partial charge in [0.2, 0.25) is 5.91 Å². The summed E-state index contributed by atoms with van der Waals surface area (Å²) in [6, 6.07) is 5.17. The summed E-state index contributed by atoms with van der Waals surface area (Å²) in [7, 11) is 1.59. The highest BCUT2D eigenvalue weighted by atomic mass is 16.5. The van der Waals surface area contributed by atoms with Crippen LogP contribution in [0.5, 0.6) is 0 Å². The molecule has 27 heavy (non-hydrogen) atoms. The summed E-state index contributed by atoms with van der Waals surface area (Å²) < 4.78 is 6.39. The van der Waals surface area contributed by atoms with Crippen molar-refractivity contribution < 1.29 is 14.3 Å². The molecule has 8 heteroatoms. The second-order valence-corrected chi connectivity index (χ2v) is 6.84. The van der Waals surface area contributed by atoms with Crippen molar-refractivity contribution in [1.29, 1.82) is 0 Å². The number of rotatable bonds is 5. The summed E-state index contributed by atoms with van der Waals surface area (Å²) in [6.45, 7) is 3.22. The first-order valence-electron chi connectivity index (χ1n) is 9.06.